The van der Waals surface area contributed by atoms with Crippen molar-refractivity contribution >= 4 is 0 Å². The lowest BCUT2D eigenvalue weighted by molar-refractivity contribution is -0.298. The van der Waals surface area contributed by atoms with E-state index in [2.05, 4.69) is 6.92 Å². The van der Waals surface area contributed by atoms with Crippen molar-refractivity contribution in [2.75, 3.05) is 0 Å². The SMILES string of the molecule is C[C@]12CC[C@H]3[C@@H]([C@H](O)[C@@H](O)[C@@]4(O)C[C@@H](O)CC[C@]34C)[C@@H]1CC[C@@H]2O. The van der Waals surface area contributed by atoms with Crippen LogP contribution in [0.15, 0.2) is 0 Å². The molecule has 5 N–H and O–H groups in total. The first-order valence-electron chi connectivity index (χ1n) is 9.60. The van der Waals surface area contributed by atoms with Crippen molar-refractivity contribution in [1.29, 1.82) is 0 Å². The van der Waals surface area contributed by atoms with Gasteiger partial charge in [0.25, 0.3) is 0 Å². The fourth-order valence-corrected chi connectivity index (χ4v) is 7.22. The Bertz CT molecular complexity index is 526. The lowest BCUT2D eigenvalue weighted by atomic mass is 9.42. The van der Waals surface area contributed by atoms with E-state index in [0.29, 0.717) is 12.8 Å². The molecule has 0 heterocycles. The predicted molar refractivity (Wildman–Crippen MR) is 88.0 cm³/mol. The maximum absolute atomic E-state index is 11.3. The van der Waals surface area contributed by atoms with Crippen LogP contribution in [0.4, 0.5) is 0 Å². The van der Waals surface area contributed by atoms with E-state index in [-0.39, 0.29) is 35.7 Å². The topological polar surface area (TPSA) is 101 Å². The average molecular weight is 340 g/mol. The van der Waals surface area contributed by atoms with Gasteiger partial charge in [-0.05, 0) is 61.7 Å². The van der Waals surface area contributed by atoms with Crippen molar-refractivity contribution in [2.45, 2.75) is 88.8 Å². The van der Waals surface area contributed by atoms with Crippen LogP contribution in [-0.2, 0) is 0 Å². The first-order chi connectivity index (χ1) is 11.1. The molecule has 0 radical (unpaired) electrons. The molecule has 0 aliphatic heterocycles. The average Bonchev–Trinajstić information content (AvgIpc) is 2.83. The smallest absolute Gasteiger partial charge is 0.109 e. The van der Waals surface area contributed by atoms with Crippen LogP contribution in [0.3, 0.4) is 0 Å². The molecular weight excluding hydrogens is 308 g/mol. The third-order valence-electron chi connectivity index (χ3n) is 8.84. The zero-order chi connectivity index (χ0) is 17.5. The molecule has 10 atom stereocenters. The highest BCUT2D eigenvalue weighted by Gasteiger charge is 2.70. The van der Waals surface area contributed by atoms with Crippen LogP contribution in [-0.4, -0.2) is 55.5 Å². The van der Waals surface area contributed by atoms with Crippen LogP contribution in [0.2, 0.25) is 0 Å². The lowest BCUT2D eigenvalue weighted by Gasteiger charge is -2.66. The summed E-state index contributed by atoms with van der Waals surface area (Å²) in [6, 6.07) is 0. The van der Waals surface area contributed by atoms with Gasteiger partial charge in [-0.2, -0.15) is 0 Å². The maximum atomic E-state index is 11.3. The Balaban J connectivity index is 1.76. The second-order valence-electron chi connectivity index (χ2n) is 9.60. The van der Waals surface area contributed by atoms with E-state index in [0.717, 1.165) is 25.7 Å². The van der Waals surface area contributed by atoms with Crippen molar-refractivity contribution in [3.05, 3.63) is 0 Å². The largest absolute Gasteiger partial charge is 0.393 e. The number of hydrogen-bond donors (Lipinski definition) is 5. The number of aliphatic hydroxyl groups excluding tert-OH is 4. The minimum absolute atomic E-state index is 0.0867. The number of fused-ring (bicyclic) bond motifs is 5. The summed E-state index contributed by atoms with van der Waals surface area (Å²) in [6.07, 6.45) is 1.63. The van der Waals surface area contributed by atoms with Crippen molar-refractivity contribution in [3.8, 4) is 0 Å². The van der Waals surface area contributed by atoms with E-state index in [1.807, 2.05) is 6.92 Å². The Morgan fingerprint density at radius 1 is 0.833 bits per heavy atom. The number of hydrogen-bond acceptors (Lipinski definition) is 5. The highest BCUT2D eigenvalue weighted by Crippen LogP contribution is 2.67. The third kappa shape index (κ3) is 1.88. The summed E-state index contributed by atoms with van der Waals surface area (Å²) in [4.78, 5) is 0. The molecule has 24 heavy (non-hydrogen) atoms. The van der Waals surface area contributed by atoms with Gasteiger partial charge >= 0.3 is 0 Å². The van der Waals surface area contributed by atoms with Gasteiger partial charge in [-0.1, -0.05) is 13.8 Å². The quantitative estimate of drug-likeness (QED) is 0.449. The summed E-state index contributed by atoms with van der Waals surface area (Å²) >= 11 is 0. The summed E-state index contributed by atoms with van der Waals surface area (Å²) in [5.41, 5.74) is -2.12. The summed E-state index contributed by atoms with van der Waals surface area (Å²) in [6.45, 7) is 4.16. The Labute approximate surface area is 143 Å². The van der Waals surface area contributed by atoms with Crippen molar-refractivity contribution < 1.29 is 25.5 Å². The van der Waals surface area contributed by atoms with Gasteiger partial charge in [0, 0.05) is 11.8 Å². The second-order valence-corrected chi connectivity index (χ2v) is 9.60. The van der Waals surface area contributed by atoms with Gasteiger partial charge in [-0.3, -0.25) is 0 Å². The Kier molecular flexibility index (Phi) is 3.71. The second kappa shape index (κ2) is 5.17. The minimum atomic E-state index is -1.43. The van der Waals surface area contributed by atoms with Crippen LogP contribution >= 0.6 is 0 Å². The molecule has 4 rings (SSSR count). The van der Waals surface area contributed by atoms with E-state index in [4.69, 9.17) is 0 Å². The highest BCUT2D eigenvalue weighted by atomic mass is 16.4. The molecule has 4 aliphatic rings. The molecule has 4 saturated carbocycles. The molecule has 4 aliphatic carbocycles. The van der Waals surface area contributed by atoms with Crippen LogP contribution in [0.1, 0.15) is 58.8 Å². The molecule has 0 unspecified atom stereocenters. The van der Waals surface area contributed by atoms with Gasteiger partial charge in [0.2, 0.25) is 0 Å². The van der Waals surface area contributed by atoms with Gasteiger partial charge in [-0.15, -0.1) is 0 Å². The Hall–Kier alpha value is -0.200. The molecule has 0 aromatic heterocycles. The van der Waals surface area contributed by atoms with Crippen LogP contribution in [0.5, 0.6) is 0 Å². The van der Waals surface area contributed by atoms with Crippen LogP contribution < -0.4 is 0 Å². The van der Waals surface area contributed by atoms with Gasteiger partial charge in [-0.25, -0.2) is 0 Å². The molecule has 138 valence electrons. The number of rotatable bonds is 0. The standard InChI is InChI=1S/C19H32O5/c1-17-7-6-12-14(11(17)3-4-13(17)21)15(22)16(23)19(24)9-10(20)5-8-18(12,19)2/h10-16,20-24H,3-9H2,1-2H3/t10-,11-,12-,13-,14-,15-,16+,17-,18+,19-/m0/s1. The summed E-state index contributed by atoms with van der Waals surface area (Å²) in [7, 11) is 0. The molecule has 0 spiro atoms. The van der Waals surface area contributed by atoms with E-state index in [1.165, 1.54) is 0 Å². The zero-order valence-electron chi connectivity index (χ0n) is 14.7. The van der Waals surface area contributed by atoms with Crippen molar-refractivity contribution in [3.63, 3.8) is 0 Å². The zero-order valence-corrected chi connectivity index (χ0v) is 14.7. The normalized spacial score (nSPS) is 63.4. The Morgan fingerprint density at radius 2 is 1.54 bits per heavy atom. The van der Waals surface area contributed by atoms with E-state index in [9.17, 15) is 25.5 Å². The highest BCUT2D eigenvalue weighted by molar-refractivity contribution is 5.19. The van der Waals surface area contributed by atoms with Gasteiger partial charge < -0.3 is 25.5 Å². The molecule has 5 heteroatoms. The molecule has 4 fully saturated rings. The third-order valence-corrected chi connectivity index (χ3v) is 8.84. The first-order valence-corrected chi connectivity index (χ1v) is 9.60. The van der Waals surface area contributed by atoms with E-state index in [1.54, 1.807) is 0 Å². The van der Waals surface area contributed by atoms with Gasteiger partial charge in [0.15, 0.2) is 0 Å². The van der Waals surface area contributed by atoms with E-state index >= 15 is 0 Å². The van der Waals surface area contributed by atoms with Crippen molar-refractivity contribution in [1.82, 2.24) is 0 Å². The minimum Gasteiger partial charge on any atom is -0.393 e. The number of aliphatic hydroxyl groups is 5. The fraction of sp³-hybridized carbons (Fsp3) is 1.00. The van der Waals surface area contributed by atoms with E-state index < -0.39 is 29.3 Å². The fourth-order valence-electron chi connectivity index (χ4n) is 7.22. The van der Waals surface area contributed by atoms with Crippen LogP contribution in [0.25, 0.3) is 0 Å². The molecule has 0 aromatic carbocycles. The summed E-state index contributed by atoms with van der Waals surface area (Å²) in [5.74, 6) is 0.220. The first kappa shape index (κ1) is 17.2. The molecule has 0 amide bonds. The van der Waals surface area contributed by atoms with Crippen LogP contribution in [0, 0.1) is 28.6 Å². The summed E-state index contributed by atoms with van der Waals surface area (Å²) < 4.78 is 0. The van der Waals surface area contributed by atoms with Gasteiger partial charge in [0.1, 0.15) is 11.7 Å². The molecule has 0 saturated heterocycles. The maximum Gasteiger partial charge on any atom is 0.109 e. The van der Waals surface area contributed by atoms with Crippen molar-refractivity contribution in [2.24, 2.45) is 28.6 Å². The molecule has 0 bridgehead atoms. The Morgan fingerprint density at radius 3 is 2.25 bits per heavy atom. The molecular formula is C19H32O5. The predicted octanol–water partition coefficient (Wildman–Crippen LogP) is 0.807. The lowest BCUT2D eigenvalue weighted by Crippen LogP contribution is -2.73. The molecule has 5 nitrogen and oxygen atoms in total. The monoisotopic (exact) mass is 340 g/mol. The summed E-state index contributed by atoms with van der Waals surface area (Å²) in [5, 5.41) is 53.7. The van der Waals surface area contributed by atoms with Gasteiger partial charge in [0.05, 0.1) is 18.3 Å². The molecule has 0 aromatic rings.